The molecule has 1 aromatic carbocycles. The summed E-state index contributed by atoms with van der Waals surface area (Å²) in [7, 11) is 0. The van der Waals surface area contributed by atoms with Crippen LogP contribution in [0.4, 0.5) is 0 Å². The standard InChI is InChI=1S/C13H15N5O3/c19-8-11-7-18(5-6-21-11)13(20)10-3-1-9(2-4-10)12-14-16-17-15-12/h1-4,11,19H,5-8H2,(H,14,15,16,17). The summed E-state index contributed by atoms with van der Waals surface area (Å²) in [5, 5.41) is 22.8. The number of rotatable bonds is 3. The average molecular weight is 289 g/mol. The molecule has 2 heterocycles. The van der Waals surface area contributed by atoms with Gasteiger partial charge in [0.1, 0.15) is 0 Å². The molecular formula is C13H15N5O3. The van der Waals surface area contributed by atoms with E-state index in [1.165, 1.54) is 0 Å². The lowest BCUT2D eigenvalue weighted by molar-refractivity contribution is -0.0447. The predicted molar refractivity (Wildman–Crippen MR) is 72.3 cm³/mol. The Labute approximate surface area is 120 Å². The first-order chi connectivity index (χ1) is 10.3. The number of nitrogens with one attached hydrogen (secondary N) is 1. The quantitative estimate of drug-likeness (QED) is 0.804. The van der Waals surface area contributed by atoms with Crippen LogP contribution in [0.3, 0.4) is 0 Å². The number of aliphatic hydroxyl groups excluding tert-OH is 1. The van der Waals surface area contributed by atoms with Gasteiger partial charge in [0.25, 0.3) is 5.91 Å². The van der Waals surface area contributed by atoms with E-state index >= 15 is 0 Å². The topological polar surface area (TPSA) is 104 Å². The zero-order valence-electron chi connectivity index (χ0n) is 11.3. The number of carbonyl (C=O) groups excluding carboxylic acids is 1. The van der Waals surface area contributed by atoms with Crippen LogP contribution in [0.25, 0.3) is 11.4 Å². The van der Waals surface area contributed by atoms with Crippen LogP contribution in [0.2, 0.25) is 0 Å². The van der Waals surface area contributed by atoms with E-state index in [0.29, 0.717) is 31.1 Å². The summed E-state index contributed by atoms with van der Waals surface area (Å²) in [5.74, 6) is 0.414. The van der Waals surface area contributed by atoms with Crippen molar-refractivity contribution >= 4 is 5.91 Å². The smallest absolute Gasteiger partial charge is 0.254 e. The van der Waals surface area contributed by atoms with E-state index in [1.54, 1.807) is 29.2 Å². The zero-order chi connectivity index (χ0) is 14.7. The molecule has 0 radical (unpaired) electrons. The van der Waals surface area contributed by atoms with Crippen LogP contribution >= 0.6 is 0 Å². The summed E-state index contributed by atoms with van der Waals surface area (Å²) in [6.45, 7) is 1.29. The summed E-state index contributed by atoms with van der Waals surface area (Å²) in [4.78, 5) is 14.1. The minimum absolute atomic E-state index is 0.0728. The molecule has 3 rings (SSSR count). The van der Waals surface area contributed by atoms with Gasteiger partial charge in [0.2, 0.25) is 5.82 Å². The number of carbonyl (C=O) groups is 1. The van der Waals surface area contributed by atoms with Crippen molar-refractivity contribution in [2.75, 3.05) is 26.3 Å². The molecule has 1 aliphatic rings. The number of morpholine rings is 1. The highest BCUT2D eigenvalue weighted by Crippen LogP contribution is 2.16. The third-order valence-corrected chi connectivity index (χ3v) is 3.37. The van der Waals surface area contributed by atoms with Gasteiger partial charge < -0.3 is 14.7 Å². The number of hydrogen-bond acceptors (Lipinski definition) is 6. The van der Waals surface area contributed by atoms with Crippen LogP contribution < -0.4 is 0 Å². The Hall–Kier alpha value is -2.32. The van der Waals surface area contributed by atoms with E-state index in [0.717, 1.165) is 5.56 Å². The molecule has 0 bridgehead atoms. The number of tetrazole rings is 1. The number of ether oxygens (including phenoxy) is 1. The molecule has 1 amide bonds. The summed E-state index contributed by atoms with van der Waals surface area (Å²) in [5.41, 5.74) is 1.37. The molecule has 2 N–H and O–H groups in total. The van der Waals surface area contributed by atoms with Crippen molar-refractivity contribution in [2.24, 2.45) is 0 Å². The minimum atomic E-state index is -0.304. The molecule has 0 saturated carbocycles. The van der Waals surface area contributed by atoms with Crippen LogP contribution in [-0.2, 0) is 4.74 Å². The second-order valence-corrected chi connectivity index (χ2v) is 4.74. The van der Waals surface area contributed by atoms with Crippen molar-refractivity contribution in [3.8, 4) is 11.4 Å². The lowest BCUT2D eigenvalue weighted by Crippen LogP contribution is -2.46. The minimum Gasteiger partial charge on any atom is -0.394 e. The molecule has 1 atom stereocenters. The van der Waals surface area contributed by atoms with Gasteiger partial charge in [-0.15, -0.1) is 10.2 Å². The van der Waals surface area contributed by atoms with Gasteiger partial charge in [0.05, 0.1) is 19.3 Å². The fraction of sp³-hybridized carbons (Fsp3) is 0.385. The second-order valence-electron chi connectivity index (χ2n) is 4.74. The van der Waals surface area contributed by atoms with E-state index in [2.05, 4.69) is 20.6 Å². The summed E-state index contributed by atoms with van der Waals surface area (Å²) < 4.78 is 5.34. The van der Waals surface area contributed by atoms with Gasteiger partial charge >= 0.3 is 0 Å². The first kappa shape index (κ1) is 13.7. The monoisotopic (exact) mass is 289 g/mol. The third kappa shape index (κ3) is 2.91. The molecule has 0 aliphatic carbocycles. The van der Waals surface area contributed by atoms with Gasteiger partial charge in [-0.3, -0.25) is 4.79 Å². The zero-order valence-corrected chi connectivity index (χ0v) is 11.3. The van der Waals surface area contributed by atoms with Gasteiger partial charge in [-0.1, -0.05) is 12.1 Å². The number of aromatic amines is 1. The van der Waals surface area contributed by atoms with E-state index in [-0.39, 0.29) is 18.6 Å². The Kier molecular flexibility index (Phi) is 3.89. The van der Waals surface area contributed by atoms with Crippen LogP contribution in [0, 0.1) is 0 Å². The molecule has 1 aromatic heterocycles. The fourth-order valence-electron chi connectivity index (χ4n) is 2.24. The van der Waals surface area contributed by atoms with Crippen LogP contribution in [0.15, 0.2) is 24.3 Å². The molecule has 1 unspecified atom stereocenters. The maximum atomic E-state index is 12.4. The number of H-pyrrole nitrogens is 1. The van der Waals surface area contributed by atoms with Crippen molar-refractivity contribution in [1.82, 2.24) is 25.5 Å². The molecule has 110 valence electrons. The Balaban J connectivity index is 1.73. The molecule has 1 saturated heterocycles. The highest BCUT2D eigenvalue weighted by Gasteiger charge is 2.24. The molecule has 1 fully saturated rings. The summed E-state index contributed by atoms with van der Waals surface area (Å²) >= 11 is 0. The molecule has 8 heteroatoms. The van der Waals surface area contributed by atoms with E-state index < -0.39 is 0 Å². The van der Waals surface area contributed by atoms with Crippen molar-refractivity contribution in [3.05, 3.63) is 29.8 Å². The molecular weight excluding hydrogens is 274 g/mol. The highest BCUT2D eigenvalue weighted by molar-refractivity contribution is 5.94. The van der Waals surface area contributed by atoms with Gasteiger partial charge in [-0.25, -0.2) is 0 Å². The summed E-state index contributed by atoms with van der Waals surface area (Å²) in [6.07, 6.45) is -0.304. The average Bonchev–Trinajstić information content (AvgIpc) is 3.09. The highest BCUT2D eigenvalue weighted by atomic mass is 16.5. The Morgan fingerprint density at radius 3 is 2.90 bits per heavy atom. The first-order valence-electron chi connectivity index (χ1n) is 6.63. The normalized spacial score (nSPS) is 18.7. The molecule has 8 nitrogen and oxygen atoms in total. The third-order valence-electron chi connectivity index (χ3n) is 3.37. The van der Waals surface area contributed by atoms with Crippen molar-refractivity contribution < 1.29 is 14.6 Å². The van der Waals surface area contributed by atoms with Crippen LogP contribution in [-0.4, -0.2) is 68.9 Å². The SMILES string of the molecule is O=C(c1ccc(-c2nn[nH]n2)cc1)N1CCOC(CO)C1. The van der Waals surface area contributed by atoms with Gasteiger partial charge in [0.15, 0.2) is 0 Å². The Morgan fingerprint density at radius 1 is 1.43 bits per heavy atom. The maximum absolute atomic E-state index is 12.4. The number of aromatic nitrogens is 4. The Bertz CT molecular complexity index is 599. The second kappa shape index (κ2) is 5.98. The van der Waals surface area contributed by atoms with E-state index in [9.17, 15) is 4.79 Å². The van der Waals surface area contributed by atoms with Gasteiger partial charge in [-0.05, 0) is 17.3 Å². The van der Waals surface area contributed by atoms with E-state index in [1.807, 2.05) is 0 Å². The maximum Gasteiger partial charge on any atom is 0.254 e. The van der Waals surface area contributed by atoms with Crippen LogP contribution in [0.5, 0.6) is 0 Å². The number of hydrogen-bond donors (Lipinski definition) is 2. The Morgan fingerprint density at radius 2 is 2.24 bits per heavy atom. The van der Waals surface area contributed by atoms with Gasteiger partial charge in [-0.2, -0.15) is 5.21 Å². The first-order valence-corrected chi connectivity index (χ1v) is 6.63. The summed E-state index contributed by atoms with van der Waals surface area (Å²) in [6, 6.07) is 7.03. The molecule has 1 aliphatic heterocycles. The van der Waals surface area contributed by atoms with Crippen molar-refractivity contribution in [3.63, 3.8) is 0 Å². The number of aliphatic hydroxyl groups is 1. The number of amides is 1. The lowest BCUT2D eigenvalue weighted by Gasteiger charge is -2.32. The predicted octanol–water partition coefficient (Wildman–Crippen LogP) is -0.300. The molecule has 21 heavy (non-hydrogen) atoms. The molecule has 2 aromatic rings. The number of benzene rings is 1. The largest absolute Gasteiger partial charge is 0.394 e. The number of nitrogens with zero attached hydrogens (tertiary/aromatic N) is 4. The van der Waals surface area contributed by atoms with Crippen molar-refractivity contribution in [2.45, 2.75) is 6.10 Å². The van der Waals surface area contributed by atoms with Crippen molar-refractivity contribution in [1.29, 1.82) is 0 Å². The lowest BCUT2D eigenvalue weighted by atomic mass is 10.1. The van der Waals surface area contributed by atoms with E-state index in [4.69, 9.17) is 9.84 Å². The van der Waals surface area contributed by atoms with Gasteiger partial charge in [0, 0.05) is 24.2 Å². The fourth-order valence-corrected chi connectivity index (χ4v) is 2.24. The molecule has 0 spiro atoms. The van der Waals surface area contributed by atoms with Crippen LogP contribution in [0.1, 0.15) is 10.4 Å².